The Labute approximate surface area is 76.8 Å². The van der Waals surface area contributed by atoms with Gasteiger partial charge in [-0.3, -0.25) is 10.1 Å². The summed E-state index contributed by atoms with van der Waals surface area (Å²) in [5, 5.41) is 19.7. The van der Waals surface area contributed by atoms with Gasteiger partial charge in [0, 0.05) is 6.07 Å². The third-order valence-corrected chi connectivity index (χ3v) is 1.90. The van der Waals surface area contributed by atoms with Crippen LogP contribution >= 0.6 is 0 Å². The fraction of sp³-hybridized carbons (Fsp3) is 0.250. The Morgan fingerprint density at radius 3 is 2.62 bits per heavy atom. The van der Waals surface area contributed by atoms with Gasteiger partial charge in [-0.15, -0.1) is 0 Å². The summed E-state index contributed by atoms with van der Waals surface area (Å²) in [4.78, 5) is 10.0. The summed E-state index contributed by atoms with van der Waals surface area (Å²) < 4.78 is 0. The Morgan fingerprint density at radius 2 is 2.23 bits per heavy atom. The first-order valence-corrected chi connectivity index (χ1v) is 3.95. The van der Waals surface area contributed by atoms with Gasteiger partial charge in [-0.2, -0.15) is 0 Å². The number of aliphatic hydroxyl groups is 1. The number of nitro groups is 1. The molecule has 4 nitrogen and oxygen atoms in total. The highest BCUT2D eigenvalue weighted by Gasteiger charge is 2.11. The minimum atomic E-state index is -0.584. The summed E-state index contributed by atoms with van der Waals surface area (Å²) in [7, 11) is 1.66. The van der Waals surface area contributed by atoms with Crippen molar-refractivity contribution < 1.29 is 10.0 Å². The molecule has 0 aliphatic carbocycles. The maximum Gasteiger partial charge on any atom is 0.263 e. The first-order valence-electron chi connectivity index (χ1n) is 3.95. The van der Waals surface area contributed by atoms with Crippen LogP contribution in [0.5, 0.6) is 0 Å². The molecule has 0 spiro atoms. The molecule has 1 unspecified atom stereocenters. The van der Waals surface area contributed by atoms with Gasteiger partial charge >= 0.3 is 0 Å². The summed E-state index contributed by atoms with van der Waals surface area (Å²) in [6, 6.07) is 4.61. The van der Waals surface area contributed by atoms with E-state index in [0.29, 0.717) is 11.0 Å². The first-order chi connectivity index (χ1) is 6.02. The van der Waals surface area contributed by atoms with Gasteiger partial charge in [-0.25, -0.2) is 0 Å². The number of aliphatic hydroxyl groups excluding tert-OH is 1. The molecule has 5 heteroatoms. The van der Waals surface area contributed by atoms with Crippen molar-refractivity contribution in [3.63, 3.8) is 0 Å². The molecule has 0 bridgehead atoms. The second-order valence-corrected chi connectivity index (χ2v) is 2.98. The maximum absolute atomic E-state index is 10.4. The van der Waals surface area contributed by atoms with Crippen LogP contribution in [0, 0.1) is 10.1 Å². The van der Waals surface area contributed by atoms with E-state index in [0.717, 1.165) is 0 Å². The van der Waals surface area contributed by atoms with Crippen molar-refractivity contribution >= 4 is 19.0 Å². The van der Waals surface area contributed by atoms with Crippen LogP contribution in [0.15, 0.2) is 18.2 Å². The lowest BCUT2D eigenvalue weighted by Crippen LogP contribution is -2.11. The van der Waals surface area contributed by atoms with Gasteiger partial charge < -0.3 is 5.11 Å². The SMILES string of the molecule is Bc1cc(C(C)O)ccc1[N+](=O)[O-]. The fourth-order valence-electron chi connectivity index (χ4n) is 1.14. The second-order valence-electron chi connectivity index (χ2n) is 2.98. The van der Waals surface area contributed by atoms with E-state index in [9.17, 15) is 15.2 Å². The lowest BCUT2D eigenvalue weighted by Gasteiger charge is -2.05. The van der Waals surface area contributed by atoms with E-state index in [1.807, 2.05) is 0 Å². The molecular formula is C8H10BNO3. The van der Waals surface area contributed by atoms with Gasteiger partial charge in [0.25, 0.3) is 5.69 Å². The predicted molar refractivity (Wildman–Crippen MR) is 51.9 cm³/mol. The van der Waals surface area contributed by atoms with Crippen LogP contribution in [0.25, 0.3) is 0 Å². The van der Waals surface area contributed by atoms with E-state index in [1.54, 1.807) is 26.9 Å². The molecule has 0 aliphatic heterocycles. The monoisotopic (exact) mass is 179 g/mol. The third-order valence-electron chi connectivity index (χ3n) is 1.90. The van der Waals surface area contributed by atoms with E-state index >= 15 is 0 Å². The molecule has 0 amide bonds. The molecule has 0 fully saturated rings. The highest BCUT2D eigenvalue weighted by Crippen LogP contribution is 2.14. The fourth-order valence-corrected chi connectivity index (χ4v) is 1.14. The summed E-state index contributed by atoms with van der Waals surface area (Å²) in [5.41, 5.74) is 1.36. The number of hydrogen-bond donors (Lipinski definition) is 1. The third kappa shape index (κ3) is 2.06. The largest absolute Gasteiger partial charge is 0.389 e. The van der Waals surface area contributed by atoms with Crippen LogP contribution in [-0.2, 0) is 0 Å². The normalized spacial score (nSPS) is 12.5. The number of nitro benzene ring substituents is 1. The number of nitrogens with zero attached hydrogens (tertiary/aromatic N) is 1. The van der Waals surface area contributed by atoms with Crippen LogP contribution in [0.2, 0.25) is 0 Å². The quantitative estimate of drug-likeness (QED) is 0.391. The second kappa shape index (κ2) is 3.57. The first kappa shape index (κ1) is 9.73. The predicted octanol–water partition coefficient (Wildman–Crippen LogP) is -0.0935. The molecule has 1 rings (SSSR count). The average molecular weight is 179 g/mol. The van der Waals surface area contributed by atoms with Crippen LogP contribution in [0.4, 0.5) is 5.69 Å². The van der Waals surface area contributed by atoms with Gasteiger partial charge in [-0.05, 0) is 24.0 Å². The maximum atomic E-state index is 10.4. The lowest BCUT2D eigenvalue weighted by molar-refractivity contribution is -0.383. The molecule has 1 atom stereocenters. The van der Waals surface area contributed by atoms with Crippen molar-refractivity contribution in [3.05, 3.63) is 33.9 Å². The van der Waals surface area contributed by atoms with Gasteiger partial charge in [-0.1, -0.05) is 6.07 Å². The molecule has 1 aromatic rings. The van der Waals surface area contributed by atoms with E-state index in [2.05, 4.69) is 0 Å². The lowest BCUT2D eigenvalue weighted by atomic mass is 9.91. The van der Waals surface area contributed by atoms with E-state index in [1.165, 1.54) is 6.07 Å². The molecule has 0 radical (unpaired) electrons. The molecular weight excluding hydrogens is 169 g/mol. The molecule has 13 heavy (non-hydrogen) atoms. The smallest absolute Gasteiger partial charge is 0.263 e. The highest BCUT2D eigenvalue weighted by atomic mass is 16.6. The molecule has 1 N–H and O–H groups in total. The average Bonchev–Trinajstić information content (AvgIpc) is 2.03. The molecule has 0 aromatic heterocycles. The minimum Gasteiger partial charge on any atom is -0.389 e. The zero-order valence-corrected chi connectivity index (χ0v) is 7.52. The zero-order chi connectivity index (χ0) is 10.0. The van der Waals surface area contributed by atoms with Crippen molar-refractivity contribution in [3.8, 4) is 0 Å². The van der Waals surface area contributed by atoms with E-state index in [-0.39, 0.29) is 5.69 Å². The molecule has 0 aliphatic rings. The summed E-state index contributed by atoms with van der Waals surface area (Å²) in [6.45, 7) is 1.63. The van der Waals surface area contributed by atoms with Crippen LogP contribution < -0.4 is 5.46 Å². The van der Waals surface area contributed by atoms with Gasteiger partial charge in [0.15, 0.2) is 0 Å². The number of benzene rings is 1. The van der Waals surface area contributed by atoms with Crippen molar-refractivity contribution in [1.29, 1.82) is 0 Å². The Balaban J connectivity index is 3.13. The molecule has 0 heterocycles. The number of rotatable bonds is 2. The molecule has 0 saturated heterocycles. The van der Waals surface area contributed by atoms with Crippen molar-refractivity contribution in [2.45, 2.75) is 13.0 Å². The van der Waals surface area contributed by atoms with E-state index < -0.39 is 11.0 Å². The Bertz CT molecular complexity index is 338. The van der Waals surface area contributed by atoms with Gasteiger partial charge in [0.2, 0.25) is 0 Å². The van der Waals surface area contributed by atoms with Gasteiger partial charge in [0.05, 0.1) is 11.0 Å². The number of hydrogen-bond acceptors (Lipinski definition) is 3. The Kier molecular flexibility index (Phi) is 2.68. The van der Waals surface area contributed by atoms with Crippen LogP contribution in [-0.4, -0.2) is 17.9 Å². The Hall–Kier alpha value is -1.36. The molecule has 68 valence electrons. The molecule has 1 aromatic carbocycles. The van der Waals surface area contributed by atoms with Gasteiger partial charge in [0.1, 0.15) is 7.85 Å². The van der Waals surface area contributed by atoms with E-state index in [4.69, 9.17) is 0 Å². The van der Waals surface area contributed by atoms with Crippen LogP contribution in [0.1, 0.15) is 18.6 Å². The summed E-state index contributed by atoms with van der Waals surface area (Å²) >= 11 is 0. The minimum absolute atomic E-state index is 0.0874. The standard InChI is InChI=1S/C8H10BNO3/c1-5(11)6-2-3-8(10(12)13)7(9)4-6/h2-5,11H,9H2,1H3. The van der Waals surface area contributed by atoms with Crippen molar-refractivity contribution in [1.82, 2.24) is 0 Å². The summed E-state index contributed by atoms with van der Waals surface area (Å²) in [5.74, 6) is 0. The summed E-state index contributed by atoms with van der Waals surface area (Å²) in [6.07, 6.45) is -0.584. The topological polar surface area (TPSA) is 63.4 Å². The van der Waals surface area contributed by atoms with Crippen molar-refractivity contribution in [2.24, 2.45) is 0 Å². The van der Waals surface area contributed by atoms with Crippen molar-refractivity contribution in [2.75, 3.05) is 0 Å². The zero-order valence-electron chi connectivity index (χ0n) is 7.52. The Morgan fingerprint density at radius 1 is 1.62 bits per heavy atom. The van der Waals surface area contributed by atoms with Crippen LogP contribution in [0.3, 0.4) is 0 Å². The molecule has 0 saturated carbocycles. The highest BCUT2D eigenvalue weighted by molar-refractivity contribution is 6.35.